The van der Waals surface area contributed by atoms with Gasteiger partial charge in [-0.15, -0.1) is 0 Å². The Morgan fingerprint density at radius 3 is 2.00 bits per heavy atom. The second-order valence-electron chi connectivity index (χ2n) is 10.0. The second kappa shape index (κ2) is 14.1. The molecular formula is C31H35NO11. The van der Waals surface area contributed by atoms with Crippen LogP contribution in [0, 0.1) is 11.3 Å². The van der Waals surface area contributed by atoms with Gasteiger partial charge in [-0.3, -0.25) is 19.2 Å². The molecule has 0 aromatic heterocycles. The highest BCUT2D eigenvalue weighted by molar-refractivity contribution is 5.69. The first kappa shape index (κ1) is 33.0. The van der Waals surface area contributed by atoms with Crippen LogP contribution < -0.4 is 4.74 Å². The highest BCUT2D eigenvalue weighted by Gasteiger charge is 2.60. The van der Waals surface area contributed by atoms with Crippen molar-refractivity contribution >= 4 is 23.9 Å². The summed E-state index contributed by atoms with van der Waals surface area (Å²) in [5.74, 6) is -5.71. The number of methoxy groups -OCH3 is 1. The summed E-state index contributed by atoms with van der Waals surface area (Å²) in [4.78, 5) is 48.2. The fourth-order valence-corrected chi connectivity index (χ4v) is 4.93. The van der Waals surface area contributed by atoms with Gasteiger partial charge in [-0.2, -0.15) is 5.26 Å². The molecule has 0 amide bonds. The molecule has 1 saturated heterocycles. The average Bonchev–Trinajstić information content (AvgIpc) is 2.94. The zero-order chi connectivity index (χ0) is 31.9. The van der Waals surface area contributed by atoms with Crippen LogP contribution in [0.25, 0.3) is 0 Å². The molecule has 1 N–H and O–H groups in total. The van der Waals surface area contributed by atoms with Gasteiger partial charge < -0.3 is 33.5 Å². The number of esters is 4. The topological polar surface area (TPSA) is 168 Å². The fraction of sp³-hybridized carbons (Fsp3) is 0.452. The maximum atomic E-state index is 12.3. The number of nitriles is 1. The van der Waals surface area contributed by atoms with E-state index in [2.05, 4.69) is 6.07 Å². The number of nitrogens with zero attached hydrogens (tertiary/aromatic N) is 1. The van der Waals surface area contributed by atoms with E-state index in [0.717, 1.165) is 45.2 Å². The van der Waals surface area contributed by atoms with Gasteiger partial charge in [0.1, 0.15) is 24.5 Å². The third kappa shape index (κ3) is 7.88. The molecule has 1 aliphatic heterocycles. The van der Waals surface area contributed by atoms with Gasteiger partial charge in [0.2, 0.25) is 11.9 Å². The molecule has 0 spiro atoms. The molecule has 2 aromatic carbocycles. The average molecular weight is 598 g/mol. The van der Waals surface area contributed by atoms with Crippen molar-refractivity contribution in [2.75, 3.05) is 13.7 Å². The van der Waals surface area contributed by atoms with Gasteiger partial charge in [0.15, 0.2) is 12.2 Å². The van der Waals surface area contributed by atoms with E-state index in [9.17, 15) is 29.5 Å². The van der Waals surface area contributed by atoms with E-state index < -0.39 is 60.7 Å². The summed E-state index contributed by atoms with van der Waals surface area (Å²) in [6.07, 6.45) is -5.12. The minimum atomic E-state index is -2.57. The normalized spacial score (nSPS) is 22.9. The molecule has 0 unspecified atom stereocenters. The fourth-order valence-electron chi connectivity index (χ4n) is 4.93. The van der Waals surface area contributed by atoms with Crippen LogP contribution in [0.4, 0.5) is 0 Å². The van der Waals surface area contributed by atoms with Gasteiger partial charge in [-0.05, 0) is 41.7 Å². The summed E-state index contributed by atoms with van der Waals surface area (Å²) in [5, 5.41) is 22.3. The van der Waals surface area contributed by atoms with Crippen molar-refractivity contribution in [1.82, 2.24) is 0 Å². The molecule has 0 bridgehead atoms. The van der Waals surface area contributed by atoms with E-state index in [0.29, 0.717) is 5.56 Å². The maximum Gasteiger partial charge on any atom is 0.303 e. The van der Waals surface area contributed by atoms with Crippen molar-refractivity contribution in [1.29, 1.82) is 5.26 Å². The Morgan fingerprint density at radius 1 is 0.907 bits per heavy atom. The Morgan fingerprint density at radius 2 is 1.49 bits per heavy atom. The van der Waals surface area contributed by atoms with Crippen molar-refractivity contribution in [2.24, 2.45) is 0 Å². The number of hydrogen-bond donors (Lipinski definition) is 1. The first-order chi connectivity index (χ1) is 20.3. The first-order valence-electron chi connectivity index (χ1n) is 13.6. The van der Waals surface area contributed by atoms with Crippen LogP contribution in [0.1, 0.15) is 62.4 Å². The number of aliphatic hydroxyl groups is 1. The van der Waals surface area contributed by atoms with E-state index in [-0.39, 0.29) is 23.3 Å². The van der Waals surface area contributed by atoms with Crippen LogP contribution in [0.3, 0.4) is 0 Å². The van der Waals surface area contributed by atoms with Crippen molar-refractivity contribution in [3.63, 3.8) is 0 Å². The minimum Gasteiger partial charge on any atom is -0.495 e. The molecule has 12 heteroatoms. The van der Waals surface area contributed by atoms with Gasteiger partial charge in [-0.25, -0.2) is 0 Å². The van der Waals surface area contributed by atoms with Crippen molar-refractivity contribution in [3.8, 4) is 11.8 Å². The Labute approximate surface area is 249 Å². The highest BCUT2D eigenvalue weighted by atomic mass is 16.7. The van der Waals surface area contributed by atoms with Crippen molar-refractivity contribution in [2.45, 2.75) is 77.7 Å². The number of aryl methyl sites for hydroxylation is 1. The van der Waals surface area contributed by atoms with E-state index in [4.69, 9.17) is 28.4 Å². The summed E-state index contributed by atoms with van der Waals surface area (Å²) >= 11 is 0. The van der Waals surface area contributed by atoms with Gasteiger partial charge >= 0.3 is 23.9 Å². The molecule has 2 aromatic rings. The van der Waals surface area contributed by atoms with Gasteiger partial charge in [0, 0.05) is 33.3 Å². The summed E-state index contributed by atoms with van der Waals surface area (Å²) in [5.41, 5.74) is 2.60. The van der Waals surface area contributed by atoms with Crippen molar-refractivity contribution < 1.29 is 52.7 Å². The van der Waals surface area contributed by atoms with Gasteiger partial charge in [-0.1, -0.05) is 31.2 Å². The summed E-state index contributed by atoms with van der Waals surface area (Å²) in [6.45, 7) is 5.90. The van der Waals surface area contributed by atoms with Crippen LogP contribution in [0.5, 0.6) is 5.75 Å². The Kier molecular flexibility index (Phi) is 10.9. The number of carbonyl (C=O) groups excluding carboxylic acids is 4. The number of rotatable bonds is 10. The molecule has 0 aliphatic carbocycles. The van der Waals surface area contributed by atoms with Crippen molar-refractivity contribution in [3.05, 3.63) is 64.2 Å². The molecule has 43 heavy (non-hydrogen) atoms. The lowest BCUT2D eigenvalue weighted by Gasteiger charge is -2.48. The monoisotopic (exact) mass is 597 g/mol. The summed E-state index contributed by atoms with van der Waals surface area (Å²) < 4.78 is 33.0. The Bertz CT molecular complexity index is 1400. The Hall–Kier alpha value is -4.47. The zero-order valence-corrected chi connectivity index (χ0v) is 24.9. The zero-order valence-electron chi connectivity index (χ0n) is 24.9. The van der Waals surface area contributed by atoms with Crippen LogP contribution in [-0.4, -0.2) is 67.1 Å². The van der Waals surface area contributed by atoms with Crippen LogP contribution in [-0.2, 0) is 61.5 Å². The third-order valence-corrected chi connectivity index (χ3v) is 6.81. The lowest BCUT2D eigenvalue weighted by atomic mass is 9.85. The number of benzene rings is 2. The van der Waals surface area contributed by atoms with Gasteiger partial charge in [0.05, 0.1) is 12.7 Å². The van der Waals surface area contributed by atoms with Crippen LogP contribution in [0.2, 0.25) is 0 Å². The molecule has 1 fully saturated rings. The third-order valence-electron chi connectivity index (χ3n) is 6.81. The number of carbonyl (C=O) groups is 4. The molecule has 3 rings (SSSR count). The van der Waals surface area contributed by atoms with E-state index >= 15 is 0 Å². The highest BCUT2D eigenvalue weighted by Crippen LogP contribution is 2.43. The Balaban J connectivity index is 2.25. The maximum absolute atomic E-state index is 12.3. The SMILES string of the molecule is CCc1ccc(Cc2cc([C@]3(O)O[C@H](COC(C)=O)[C@@H](OC(C)=O)[C@H](OC(C)=O)[C@H]3OC(C)=O)cc(OC)c2C#N)cc1. The molecule has 1 aliphatic rings. The molecule has 0 radical (unpaired) electrons. The van der Waals surface area contributed by atoms with E-state index in [1.165, 1.54) is 19.2 Å². The smallest absolute Gasteiger partial charge is 0.303 e. The van der Waals surface area contributed by atoms with Gasteiger partial charge in [0.25, 0.3) is 0 Å². The summed E-state index contributed by atoms with van der Waals surface area (Å²) in [6, 6.07) is 12.7. The second-order valence-corrected chi connectivity index (χ2v) is 10.0. The minimum absolute atomic E-state index is 0.0268. The first-order valence-corrected chi connectivity index (χ1v) is 13.6. The van der Waals surface area contributed by atoms with Crippen LogP contribution in [0.15, 0.2) is 36.4 Å². The predicted octanol–water partition coefficient (Wildman–Crippen LogP) is 2.62. The molecule has 230 valence electrons. The molecule has 1 heterocycles. The quantitative estimate of drug-likeness (QED) is 0.314. The molecule has 5 atom stereocenters. The predicted molar refractivity (Wildman–Crippen MR) is 148 cm³/mol. The molecular weight excluding hydrogens is 562 g/mol. The number of ether oxygens (including phenoxy) is 6. The number of hydrogen-bond acceptors (Lipinski definition) is 12. The lowest BCUT2D eigenvalue weighted by molar-refractivity contribution is -0.360. The van der Waals surface area contributed by atoms with E-state index in [1.807, 2.05) is 31.2 Å². The summed E-state index contributed by atoms with van der Waals surface area (Å²) in [7, 11) is 1.34. The lowest BCUT2D eigenvalue weighted by Crippen LogP contribution is -2.66. The largest absolute Gasteiger partial charge is 0.495 e. The van der Waals surface area contributed by atoms with E-state index in [1.54, 1.807) is 0 Å². The standard InChI is InChI=1S/C31H35NO11/c1-7-21-8-10-22(11-9-21)12-23-13-24(14-26(38-6)25(23)15-32)31(37)30(42-20(5)36)29(41-19(4)35)28(40-18(3)34)27(43-31)16-39-17(2)33/h8-11,13-14,27-30,37H,7,12,16H2,1-6H3/t27-,28-,29+,30-,31+/m1/s1. The van der Waals surface area contributed by atoms with Crippen LogP contribution >= 0.6 is 0 Å². The molecule has 12 nitrogen and oxygen atoms in total. The molecule has 0 saturated carbocycles.